The Labute approximate surface area is 59.8 Å². The van der Waals surface area contributed by atoms with E-state index >= 15 is 0 Å². The summed E-state index contributed by atoms with van der Waals surface area (Å²) in [6, 6.07) is 0. The number of alkyl halides is 1. The van der Waals surface area contributed by atoms with Crippen LogP contribution in [0, 0.1) is 5.92 Å². The van der Waals surface area contributed by atoms with Crippen LogP contribution in [0.25, 0.3) is 0 Å². The van der Waals surface area contributed by atoms with Crippen molar-refractivity contribution < 1.29 is 9.18 Å². The Kier molecular flexibility index (Phi) is 2.81. The highest BCUT2D eigenvalue weighted by Crippen LogP contribution is 2.12. The lowest BCUT2D eigenvalue weighted by atomic mass is 9.94. The quantitative estimate of drug-likeness (QED) is 0.614. The number of ketones is 1. The molecule has 0 amide bonds. The second kappa shape index (κ2) is 3.66. The monoisotopic (exact) mass is 145 g/mol. The van der Waals surface area contributed by atoms with Gasteiger partial charge in [-0.1, -0.05) is 0 Å². The van der Waals surface area contributed by atoms with Crippen molar-refractivity contribution in [2.24, 2.45) is 5.92 Å². The molecule has 3 heteroatoms. The van der Waals surface area contributed by atoms with Gasteiger partial charge >= 0.3 is 0 Å². The number of hydrogen-bond acceptors (Lipinski definition) is 2. The Balaban J connectivity index is 2.31. The summed E-state index contributed by atoms with van der Waals surface area (Å²) in [6.07, 6.45) is 1.62. The molecule has 0 saturated carbocycles. The first-order valence-electron chi connectivity index (χ1n) is 3.64. The number of hydrogen-bond donors (Lipinski definition) is 1. The normalized spacial score (nSPS) is 20.9. The van der Waals surface area contributed by atoms with Crippen molar-refractivity contribution in [3.63, 3.8) is 0 Å². The van der Waals surface area contributed by atoms with Crippen LogP contribution in [0.3, 0.4) is 0 Å². The largest absolute Gasteiger partial charge is 0.317 e. The molecule has 1 fully saturated rings. The van der Waals surface area contributed by atoms with Gasteiger partial charge < -0.3 is 5.32 Å². The summed E-state index contributed by atoms with van der Waals surface area (Å²) in [5.74, 6) is -0.229. The van der Waals surface area contributed by atoms with Gasteiger partial charge in [0.2, 0.25) is 0 Å². The van der Waals surface area contributed by atoms with E-state index in [1.807, 2.05) is 0 Å². The number of rotatable bonds is 2. The Morgan fingerprint density at radius 3 is 2.60 bits per heavy atom. The predicted octanol–water partition coefficient (Wildman–Crippen LogP) is 0.525. The van der Waals surface area contributed by atoms with Crippen molar-refractivity contribution in [3.05, 3.63) is 0 Å². The molecule has 0 unspecified atom stereocenters. The first-order valence-corrected chi connectivity index (χ1v) is 3.64. The molecule has 1 heterocycles. The Hall–Kier alpha value is -0.440. The minimum atomic E-state index is -0.787. The molecule has 1 aliphatic heterocycles. The molecule has 0 spiro atoms. The van der Waals surface area contributed by atoms with E-state index in [0.29, 0.717) is 0 Å². The minimum absolute atomic E-state index is 0.00810. The highest BCUT2D eigenvalue weighted by molar-refractivity contribution is 5.82. The van der Waals surface area contributed by atoms with Crippen molar-refractivity contribution in [3.8, 4) is 0 Å². The molecule has 1 saturated heterocycles. The van der Waals surface area contributed by atoms with Crippen LogP contribution in [0.5, 0.6) is 0 Å². The van der Waals surface area contributed by atoms with Crippen molar-refractivity contribution in [2.75, 3.05) is 19.8 Å². The summed E-state index contributed by atoms with van der Waals surface area (Å²) >= 11 is 0. The maximum atomic E-state index is 11.8. The van der Waals surface area contributed by atoms with Crippen LogP contribution >= 0.6 is 0 Å². The Bertz CT molecular complexity index is 121. The standard InChI is InChI=1S/C7H12FNO/c8-5-7(10)6-1-3-9-4-2-6/h6,9H,1-5H2. The van der Waals surface area contributed by atoms with Crippen LogP contribution in [-0.4, -0.2) is 25.5 Å². The van der Waals surface area contributed by atoms with Crippen molar-refractivity contribution >= 4 is 5.78 Å². The SMILES string of the molecule is O=C(CF)C1CCNCC1. The van der Waals surface area contributed by atoms with Gasteiger partial charge in [0, 0.05) is 5.92 Å². The molecule has 0 aromatic heterocycles. The highest BCUT2D eigenvalue weighted by atomic mass is 19.1. The molecule has 0 aromatic carbocycles. The van der Waals surface area contributed by atoms with E-state index in [9.17, 15) is 9.18 Å². The van der Waals surface area contributed by atoms with E-state index in [4.69, 9.17) is 0 Å². The van der Waals surface area contributed by atoms with Gasteiger partial charge in [-0.15, -0.1) is 0 Å². The van der Waals surface area contributed by atoms with Crippen molar-refractivity contribution in [1.29, 1.82) is 0 Å². The van der Waals surface area contributed by atoms with E-state index in [1.54, 1.807) is 0 Å². The molecule has 1 rings (SSSR count). The number of halogens is 1. The average molecular weight is 145 g/mol. The predicted molar refractivity (Wildman–Crippen MR) is 36.6 cm³/mol. The molecule has 1 aliphatic rings. The Morgan fingerprint density at radius 2 is 2.10 bits per heavy atom. The van der Waals surface area contributed by atoms with Crippen LogP contribution < -0.4 is 5.32 Å². The molecule has 0 radical (unpaired) electrons. The van der Waals surface area contributed by atoms with Gasteiger partial charge in [-0.25, -0.2) is 4.39 Å². The lowest BCUT2D eigenvalue weighted by Crippen LogP contribution is -2.32. The number of carbonyl (C=O) groups is 1. The first-order chi connectivity index (χ1) is 4.84. The van der Waals surface area contributed by atoms with Crippen LogP contribution in [-0.2, 0) is 4.79 Å². The first kappa shape index (κ1) is 7.66. The zero-order valence-corrected chi connectivity index (χ0v) is 5.90. The molecule has 0 bridgehead atoms. The van der Waals surface area contributed by atoms with E-state index in [1.165, 1.54) is 0 Å². The van der Waals surface area contributed by atoms with Crippen LogP contribution in [0.4, 0.5) is 4.39 Å². The summed E-state index contributed by atoms with van der Waals surface area (Å²) in [5, 5.41) is 3.12. The molecule has 0 aliphatic carbocycles. The van der Waals surface area contributed by atoms with Crippen molar-refractivity contribution in [2.45, 2.75) is 12.8 Å². The average Bonchev–Trinajstić information content (AvgIpc) is 2.05. The molecular weight excluding hydrogens is 133 g/mol. The molecule has 10 heavy (non-hydrogen) atoms. The fourth-order valence-corrected chi connectivity index (χ4v) is 1.25. The third kappa shape index (κ3) is 1.77. The molecule has 0 atom stereocenters. The topological polar surface area (TPSA) is 29.1 Å². The maximum Gasteiger partial charge on any atom is 0.166 e. The molecule has 2 nitrogen and oxygen atoms in total. The van der Waals surface area contributed by atoms with E-state index in [2.05, 4.69) is 5.32 Å². The van der Waals surface area contributed by atoms with E-state index < -0.39 is 6.67 Å². The van der Waals surface area contributed by atoms with Gasteiger partial charge in [0.15, 0.2) is 5.78 Å². The lowest BCUT2D eigenvalue weighted by molar-refractivity contribution is -0.124. The minimum Gasteiger partial charge on any atom is -0.317 e. The zero-order valence-electron chi connectivity index (χ0n) is 5.90. The number of Topliss-reactive ketones (excluding diaryl/α,β-unsaturated/α-hetero) is 1. The summed E-state index contributed by atoms with van der Waals surface area (Å²) in [4.78, 5) is 10.8. The van der Waals surface area contributed by atoms with Crippen LogP contribution in [0.15, 0.2) is 0 Å². The maximum absolute atomic E-state index is 11.8. The molecule has 0 aromatic rings. The molecular formula is C7H12FNO. The fourth-order valence-electron chi connectivity index (χ4n) is 1.25. The fraction of sp³-hybridized carbons (Fsp3) is 0.857. The van der Waals surface area contributed by atoms with E-state index in [0.717, 1.165) is 25.9 Å². The lowest BCUT2D eigenvalue weighted by Gasteiger charge is -2.19. The Morgan fingerprint density at radius 1 is 1.50 bits per heavy atom. The van der Waals surface area contributed by atoms with Gasteiger partial charge in [0.05, 0.1) is 0 Å². The van der Waals surface area contributed by atoms with Gasteiger partial charge in [-0.05, 0) is 25.9 Å². The summed E-state index contributed by atoms with van der Waals surface area (Å²) in [5.41, 5.74) is 0. The van der Waals surface area contributed by atoms with Gasteiger partial charge in [0.1, 0.15) is 6.67 Å². The summed E-state index contributed by atoms with van der Waals surface area (Å²) in [6.45, 7) is 0.928. The third-order valence-corrected chi connectivity index (χ3v) is 1.93. The van der Waals surface area contributed by atoms with Gasteiger partial charge in [-0.2, -0.15) is 0 Å². The summed E-state index contributed by atoms with van der Waals surface area (Å²) < 4.78 is 11.8. The zero-order chi connectivity index (χ0) is 7.40. The second-order valence-electron chi connectivity index (χ2n) is 2.62. The van der Waals surface area contributed by atoms with Crippen molar-refractivity contribution in [1.82, 2.24) is 5.32 Å². The third-order valence-electron chi connectivity index (χ3n) is 1.93. The van der Waals surface area contributed by atoms with Crippen LogP contribution in [0.2, 0.25) is 0 Å². The van der Waals surface area contributed by atoms with Gasteiger partial charge in [-0.3, -0.25) is 4.79 Å². The number of piperidine rings is 1. The number of nitrogens with one attached hydrogen (secondary N) is 1. The van der Waals surface area contributed by atoms with Crippen LogP contribution in [0.1, 0.15) is 12.8 Å². The highest BCUT2D eigenvalue weighted by Gasteiger charge is 2.19. The second-order valence-corrected chi connectivity index (χ2v) is 2.62. The molecule has 58 valence electrons. The molecule has 1 N–H and O–H groups in total. The van der Waals surface area contributed by atoms with Gasteiger partial charge in [0.25, 0.3) is 0 Å². The number of carbonyl (C=O) groups excluding carboxylic acids is 1. The summed E-state index contributed by atoms with van der Waals surface area (Å²) in [7, 11) is 0. The van der Waals surface area contributed by atoms with E-state index in [-0.39, 0.29) is 11.7 Å². The smallest absolute Gasteiger partial charge is 0.166 e.